The van der Waals surface area contributed by atoms with E-state index in [9.17, 15) is 4.79 Å². The van der Waals surface area contributed by atoms with Gasteiger partial charge in [0.1, 0.15) is 0 Å². The number of nitrogens with zero attached hydrogens (tertiary/aromatic N) is 2. The molecule has 0 aliphatic carbocycles. The van der Waals surface area contributed by atoms with E-state index in [0.29, 0.717) is 17.9 Å². The first kappa shape index (κ1) is 11.8. The molecule has 2 rings (SSSR count). The maximum atomic E-state index is 10.8. The van der Waals surface area contributed by atoms with Crippen LogP contribution >= 0.6 is 0 Å². The molecule has 0 fully saturated rings. The molecule has 0 saturated heterocycles. The maximum absolute atomic E-state index is 10.8. The Bertz CT molecular complexity index is 557. The van der Waals surface area contributed by atoms with Crippen molar-refractivity contribution in [3.63, 3.8) is 0 Å². The molecule has 0 radical (unpaired) electrons. The van der Waals surface area contributed by atoms with E-state index in [1.54, 1.807) is 18.3 Å². The van der Waals surface area contributed by atoms with Crippen LogP contribution in [0.5, 0.6) is 0 Å². The predicted octanol–water partition coefficient (Wildman–Crippen LogP) is 1.37. The Morgan fingerprint density at radius 1 is 1.39 bits per heavy atom. The first-order valence-corrected chi connectivity index (χ1v) is 5.30. The number of carbonyl (C=O) groups is 1. The molecule has 0 spiro atoms. The number of nitrogens with one attached hydrogen (secondary N) is 1. The van der Waals surface area contributed by atoms with E-state index >= 15 is 0 Å². The quantitative estimate of drug-likeness (QED) is 0.702. The van der Waals surface area contributed by atoms with Gasteiger partial charge >= 0.3 is 5.97 Å². The largest absolute Gasteiger partial charge is 0.478 e. The lowest BCUT2D eigenvalue weighted by molar-refractivity contribution is 0.0697. The van der Waals surface area contributed by atoms with Gasteiger partial charge in [-0.2, -0.15) is 10.2 Å². The zero-order valence-electron chi connectivity index (χ0n) is 9.50. The van der Waals surface area contributed by atoms with Gasteiger partial charge in [0.15, 0.2) is 0 Å². The predicted molar refractivity (Wildman–Crippen MR) is 67.2 cm³/mol. The van der Waals surface area contributed by atoms with E-state index in [-0.39, 0.29) is 5.56 Å². The maximum Gasteiger partial charge on any atom is 0.335 e. The lowest BCUT2D eigenvalue weighted by atomic mass is 10.1. The van der Waals surface area contributed by atoms with Crippen LogP contribution in [0, 0.1) is 0 Å². The molecule has 1 heterocycles. The van der Waals surface area contributed by atoms with E-state index in [1.807, 2.05) is 6.07 Å². The molecule has 2 aromatic rings. The average molecular weight is 244 g/mol. The van der Waals surface area contributed by atoms with Crippen LogP contribution in [0.25, 0.3) is 0 Å². The third-order valence-corrected chi connectivity index (χ3v) is 2.39. The summed E-state index contributed by atoms with van der Waals surface area (Å²) < 4.78 is 0. The SMILES string of the molecule is Nc1ccc(C(=O)O)cc1NCc1cccnn1. The zero-order valence-corrected chi connectivity index (χ0v) is 9.50. The normalized spacial score (nSPS) is 10.0. The van der Waals surface area contributed by atoms with Crippen molar-refractivity contribution >= 4 is 17.3 Å². The molecular formula is C12H12N4O2. The third kappa shape index (κ3) is 2.73. The van der Waals surface area contributed by atoms with Crippen LogP contribution in [0.1, 0.15) is 16.1 Å². The molecule has 92 valence electrons. The van der Waals surface area contributed by atoms with Crippen LogP contribution in [-0.2, 0) is 6.54 Å². The molecule has 6 nitrogen and oxygen atoms in total. The zero-order chi connectivity index (χ0) is 13.0. The summed E-state index contributed by atoms with van der Waals surface area (Å²) in [6.45, 7) is 0.432. The monoisotopic (exact) mass is 244 g/mol. The first-order valence-electron chi connectivity index (χ1n) is 5.30. The summed E-state index contributed by atoms with van der Waals surface area (Å²) in [5.41, 5.74) is 7.76. The van der Waals surface area contributed by atoms with Crippen molar-refractivity contribution < 1.29 is 9.90 Å². The number of benzene rings is 1. The van der Waals surface area contributed by atoms with E-state index in [0.717, 1.165) is 5.69 Å². The summed E-state index contributed by atoms with van der Waals surface area (Å²) in [7, 11) is 0. The minimum absolute atomic E-state index is 0.186. The van der Waals surface area contributed by atoms with Gasteiger partial charge in [-0.3, -0.25) is 0 Å². The molecule has 0 atom stereocenters. The fourth-order valence-electron chi connectivity index (χ4n) is 1.46. The van der Waals surface area contributed by atoms with Gasteiger partial charge < -0.3 is 16.2 Å². The molecule has 0 unspecified atom stereocenters. The fraction of sp³-hybridized carbons (Fsp3) is 0.0833. The Morgan fingerprint density at radius 3 is 2.89 bits per heavy atom. The van der Waals surface area contributed by atoms with Gasteiger partial charge in [0.25, 0.3) is 0 Å². The summed E-state index contributed by atoms with van der Waals surface area (Å²) in [5.74, 6) is -0.988. The molecule has 6 heteroatoms. The van der Waals surface area contributed by atoms with Gasteiger partial charge in [0.05, 0.1) is 29.2 Å². The van der Waals surface area contributed by atoms with Crippen LogP contribution in [-0.4, -0.2) is 21.3 Å². The van der Waals surface area contributed by atoms with Gasteiger partial charge in [-0.25, -0.2) is 4.79 Å². The van der Waals surface area contributed by atoms with Crippen molar-refractivity contribution in [1.82, 2.24) is 10.2 Å². The topological polar surface area (TPSA) is 101 Å². The summed E-state index contributed by atoms with van der Waals surface area (Å²) in [6.07, 6.45) is 1.59. The fourth-order valence-corrected chi connectivity index (χ4v) is 1.46. The van der Waals surface area contributed by atoms with Gasteiger partial charge in [-0.1, -0.05) is 0 Å². The number of carboxylic acids is 1. The van der Waals surface area contributed by atoms with Gasteiger partial charge in [-0.05, 0) is 30.3 Å². The molecule has 4 N–H and O–H groups in total. The lowest BCUT2D eigenvalue weighted by Gasteiger charge is -2.09. The highest BCUT2D eigenvalue weighted by molar-refractivity contribution is 5.90. The number of hydrogen-bond donors (Lipinski definition) is 3. The number of anilines is 2. The number of hydrogen-bond acceptors (Lipinski definition) is 5. The number of carboxylic acid groups (broad SMARTS) is 1. The van der Waals surface area contributed by atoms with Crippen molar-refractivity contribution in [1.29, 1.82) is 0 Å². The molecule has 0 aliphatic heterocycles. The lowest BCUT2D eigenvalue weighted by Crippen LogP contribution is -2.06. The minimum atomic E-state index is -0.988. The molecule has 0 aliphatic rings. The van der Waals surface area contributed by atoms with Crippen molar-refractivity contribution in [2.75, 3.05) is 11.1 Å². The number of rotatable bonds is 4. The van der Waals surface area contributed by atoms with Gasteiger partial charge in [0.2, 0.25) is 0 Å². The van der Waals surface area contributed by atoms with Gasteiger partial charge in [0, 0.05) is 6.20 Å². The van der Waals surface area contributed by atoms with Crippen molar-refractivity contribution in [2.45, 2.75) is 6.54 Å². The number of aromatic nitrogens is 2. The van der Waals surface area contributed by atoms with Crippen molar-refractivity contribution in [3.8, 4) is 0 Å². The van der Waals surface area contributed by atoms with Crippen LogP contribution < -0.4 is 11.1 Å². The molecule has 1 aromatic heterocycles. The summed E-state index contributed by atoms with van der Waals surface area (Å²) in [4.78, 5) is 10.8. The second kappa shape index (κ2) is 5.13. The smallest absolute Gasteiger partial charge is 0.335 e. The van der Waals surface area contributed by atoms with Crippen molar-refractivity contribution in [3.05, 3.63) is 47.8 Å². The Balaban J connectivity index is 2.14. The van der Waals surface area contributed by atoms with E-state index in [1.165, 1.54) is 12.1 Å². The molecular weight excluding hydrogens is 232 g/mol. The van der Waals surface area contributed by atoms with E-state index in [2.05, 4.69) is 15.5 Å². The Kier molecular flexibility index (Phi) is 3.38. The average Bonchev–Trinajstić information content (AvgIpc) is 2.38. The molecule has 0 amide bonds. The molecule has 1 aromatic carbocycles. The van der Waals surface area contributed by atoms with Crippen LogP contribution in [0.2, 0.25) is 0 Å². The Labute approximate surface area is 103 Å². The van der Waals surface area contributed by atoms with Crippen molar-refractivity contribution in [2.24, 2.45) is 0 Å². The second-order valence-corrected chi connectivity index (χ2v) is 3.68. The third-order valence-electron chi connectivity index (χ3n) is 2.39. The highest BCUT2D eigenvalue weighted by Gasteiger charge is 2.06. The molecule has 18 heavy (non-hydrogen) atoms. The standard InChI is InChI=1S/C12H12N4O2/c13-10-4-3-8(12(17)18)6-11(10)14-7-9-2-1-5-15-16-9/h1-6,14H,7,13H2,(H,17,18). The summed E-state index contributed by atoms with van der Waals surface area (Å²) >= 11 is 0. The minimum Gasteiger partial charge on any atom is -0.478 e. The summed E-state index contributed by atoms with van der Waals surface area (Å²) in [5, 5.41) is 19.6. The molecule has 0 bridgehead atoms. The van der Waals surface area contributed by atoms with Crippen LogP contribution in [0.15, 0.2) is 36.5 Å². The van der Waals surface area contributed by atoms with E-state index < -0.39 is 5.97 Å². The highest BCUT2D eigenvalue weighted by Crippen LogP contribution is 2.20. The number of nitrogens with two attached hydrogens (primary N) is 1. The highest BCUT2D eigenvalue weighted by atomic mass is 16.4. The number of nitrogen functional groups attached to an aromatic ring is 1. The van der Waals surface area contributed by atoms with E-state index in [4.69, 9.17) is 10.8 Å². The van der Waals surface area contributed by atoms with Crippen LogP contribution in [0.3, 0.4) is 0 Å². The van der Waals surface area contributed by atoms with Crippen LogP contribution in [0.4, 0.5) is 11.4 Å². The first-order chi connectivity index (χ1) is 8.66. The van der Waals surface area contributed by atoms with Gasteiger partial charge in [-0.15, -0.1) is 0 Å². The second-order valence-electron chi connectivity index (χ2n) is 3.68. The number of aromatic carboxylic acids is 1. The summed E-state index contributed by atoms with van der Waals surface area (Å²) in [6, 6.07) is 8.11. The Hall–Kier alpha value is -2.63. The Morgan fingerprint density at radius 2 is 2.22 bits per heavy atom. The molecule has 0 saturated carbocycles.